The van der Waals surface area contributed by atoms with E-state index >= 15 is 4.39 Å². The normalized spacial score (nSPS) is 18.4. The molecule has 6 rings (SSSR count). The van der Waals surface area contributed by atoms with Crippen molar-refractivity contribution >= 4 is 22.9 Å². The topological polar surface area (TPSA) is 90.3 Å². The fraction of sp³-hybridized carbons (Fsp3) is 0.241. The molecule has 4 aromatic rings. The lowest BCUT2D eigenvalue weighted by Crippen LogP contribution is -2.31. The number of halogens is 1. The van der Waals surface area contributed by atoms with Crippen LogP contribution < -0.4 is 10.7 Å². The van der Waals surface area contributed by atoms with E-state index in [1.807, 2.05) is 30.3 Å². The molecule has 37 heavy (non-hydrogen) atoms. The standard InChI is InChI=1S/C29H24FN3O4/c1-37-29(36)23-14-22(23)20-10-7-17(13-25(20)30)16-4-2-5-19(12-16)33-15-24(28(35)32-18-8-9-18)26(34)21-6-3-11-31-27(21)33/h2-7,10-13,15,18,22-23H,8-9,14H2,1H3,(H,32,35)/t22?,23-/m1/s1. The molecule has 2 aromatic carbocycles. The monoisotopic (exact) mass is 497 g/mol. The van der Waals surface area contributed by atoms with E-state index < -0.39 is 5.91 Å². The van der Waals surface area contributed by atoms with Crippen LogP contribution >= 0.6 is 0 Å². The summed E-state index contributed by atoms with van der Waals surface area (Å²) in [6, 6.07) is 15.9. The maximum atomic E-state index is 15.0. The van der Waals surface area contributed by atoms with Gasteiger partial charge in [-0.05, 0) is 66.3 Å². The Balaban J connectivity index is 1.38. The fourth-order valence-electron chi connectivity index (χ4n) is 4.80. The molecule has 2 heterocycles. The number of carbonyl (C=O) groups is 2. The number of nitrogens with one attached hydrogen (secondary N) is 1. The van der Waals surface area contributed by atoms with Gasteiger partial charge >= 0.3 is 5.97 Å². The van der Waals surface area contributed by atoms with Gasteiger partial charge < -0.3 is 14.6 Å². The minimum atomic E-state index is -0.397. The van der Waals surface area contributed by atoms with Crippen LogP contribution in [-0.2, 0) is 9.53 Å². The second-order valence-electron chi connectivity index (χ2n) is 9.62. The predicted molar refractivity (Wildman–Crippen MR) is 136 cm³/mol. The van der Waals surface area contributed by atoms with Gasteiger partial charge in [-0.3, -0.25) is 14.4 Å². The average Bonchev–Trinajstić information content (AvgIpc) is 3.85. The van der Waals surface area contributed by atoms with Crippen LogP contribution in [0.5, 0.6) is 0 Å². The zero-order valence-electron chi connectivity index (χ0n) is 20.1. The highest BCUT2D eigenvalue weighted by Crippen LogP contribution is 2.49. The molecule has 1 amide bonds. The van der Waals surface area contributed by atoms with E-state index in [1.165, 1.54) is 19.4 Å². The fourth-order valence-corrected chi connectivity index (χ4v) is 4.80. The van der Waals surface area contributed by atoms with Crippen LogP contribution in [0.25, 0.3) is 27.8 Å². The largest absolute Gasteiger partial charge is 0.469 e. The molecule has 0 saturated heterocycles. The van der Waals surface area contributed by atoms with Gasteiger partial charge in [0.25, 0.3) is 5.91 Å². The molecular formula is C29H24FN3O4. The van der Waals surface area contributed by atoms with E-state index in [1.54, 1.807) is 29.0 Å². The highest BCUT2D eigenvalue weighted by Gasteiger charge is 2.46. The number of hydrogen-bond acceptors (Lipinski definition) is 5. The van der Waals surface area contributed by atoms with Crippen LogP contribution in [0.1, 0.15) is 41.1 Å². The molecule has 186 valence electrons. The molecule has 0 bridgehead atoms. The Bertz CT molecular complexity index is 1630. The van der Waals surface area contributed by atoms with Gasteiger partial charge in [0.1, 0.15) is 17.0 Å². The SMILES string of the molecule is COC(=O)[C@@H]1CC1c1ccc(-c2cccc(-n3cc(C(=O)NC4CC4)c(=O)c4cccnc43)c2)cc1F. The number of benzene rings is 2. The number of aromatic nitrogens is 2. The van der Waals surface area contributed by atoms with Crippen molar-refractivity contribution in [1.29, 1.82) is 0 Å². The molecule has 0 radical (unpaired) electrons. The molecule has 2 fully saturated rings. The second-order valence-corrected chi connectivity index (χ2v) is 9.62. The first-order valence-electron chi connectivity index (χ1n) is 12.2. The maximum absolute atomic E-state index is 15.0. The highest BCUT2D eigenvalue weighted by atomic mass is 19.1. The van der Waals surface area contributed by atoms with Gasteiger partial charge in [0, 0.05) is 30.0 Å². The van der Waals surface area contributed by atoms with Crippen molar-refractivity contribution < 1.29 is 18.7 Å². The summed E-state index contributed by atoms with van der Waals surface area (Å²) in [6.45, 7) is 0. The van der Waals surface area contributed by atoms with Gasteiger partial charge in [0.15, 0.2) is 0 Å². The number of amides is 1. The van der Waals surface area contributed by atoms with Crippen molar-refractivity contribution in [2.24, 2.45) is 5.92 Å². The van der Waals surface area contributed by atoms with Gasteiger partial charge in [-0.25, -0.2) is 9.37 Å². The Morgan fingerprint density at radius 2 is 1.89 bits per heavy atom. The van der Waals surface area contributed by atoms with E-state index in [2.05, 4.69) is 10.3 Å². The molecular weight excluding hydrogens is 473 g/mol. The number of rotatable bonds is 6. The number of pyridine rings is 2. The van der Waals surface area contributed by atoms with Crippen molar-refractivity contribution in [2.75, 3.05) is 7.11 Å². The lowest BCUT2D eigenvalue weighted by atomic mass is 10.0. The van der Waals surface area contributed by atoms with Crippen molar-refractivity contribution in [3.05, 3.63) is 94.2 Å². The van der Waals surface area contributed by atoms with E-state index in [0.717, 1.165) is 18.4 Å². The third kappa shape index (κ3) is 4.28. The number of methoxy groups -OCH3 is 1. The first kappa shape index (κ1) is 23.1. The van der Waals surface area contributed by atoms with E-state index in [0.29, 0.717) is 34.3 Å². The van der Waals surface area contributed by atoms with E-state index in [9.17, 15) is 14.4 Å². The summed E-state index contributed by atoms with van der Waals surface area (Å²) in [7, 11) is 1.34. The molecule has 2 atom stereocenters. The Hall–Kier alpha value is -4.33. The smallest absolute Gasteiger partial charge is 0.309 e. The average molecular weight is 498 g/mol. The van der Waals surface area contributed by atoms with E-state index in [4.69, 9.17) is 4.74 Å². The van der Waals surface area contributed by atoms with Crippen LogP contribution in [0.4, 0.5) is 4.39 Å². The van der Waals surface area contributed by atoms with Crippen molar-refractivity contribution in [3.63, 3.8) is 0 Å². The van der Waals surface area contributed by atoms with Crippen LogP contribution in [0.3, 0.4) is 0 Å². The van der Waals surface area contributed by atoms with Crippen LogP contribution in [0, 0.1) is 11.7 Å². The molecule has 2 aliphatic rings. The lowest BCUT2D eigenvalue weighted by Gasteiger charge is -2.14. The summed E-state index contributed by atoms with van der Waals surface area (Å²) in [6.07, 6.45) is 5.53. The van der Waals surface area contributed by atoms with Crippen molar-refractivity contribution in [3.8, 4) is 16.8 Å². The maximum Gasteiger partial charge on any atom is 0.309 e. The van der Waals surface area contributed by atoms with Crippen LogP contribution in [-0.4, -0.2) is 34.6 Å². The van der Waals surface area contributed by atoms with Gasteiger partial charge in [-0.15, -0.1) is 0 Å². The minimum Gasteiger partial charge on any atom is -0.469 e. The molecule has 8 heteroatoms. The van der Waals surface area contributed by atoms with Gasteiger partial charge in [0.2, 0.25) is 5.43 Å². The molecule has 1 N–H and O–H groups in total. The third-order valence-electron chi connectivity index (χ3n) is 7.07. The zero-order chi connectivity index (χ0) is 25.7. The van der Waals surface area contributed by atoms with E-state index in [-0.39, 0.29) is 40.7 Å². The quantitative estimate of drug-likeness (QED) is 0.400. The predicted octanol–water partition coefficient (Wildman–Crippen LogP) is 4.36. The lowest BCUT2D eigenvalue weighted by molar-refractivity contribution is -0.142. The number of nitrogens with zero attached hydrogens (tertiary/aromatic N) is 2. The molecule has 2 aliphatic carbocycles. The molecule has 2 saturated carbocycles. The Kier molecular flexibility index (Phi) is 5.59. The van der Waals surface area contributed by atoms with Gasteiger partial charge in [-0.2, -0.15) is 0 Å². The van der Waals surface area contributed by atoms with Crippen LogP contribution in [0.15, 0.2) is 71.8 Å². The number of esters is 1. The molecule has 0 spiro atoms. The molecule has 7 nitrogen and oxygen atoms in total. The molecule has 2 aromatic heterocycles. The second kappa shape index (κ2) is 8.96. The Labute approximate surface area is 211 Å². The summed E-state index contributed by atoms with van der Waals surface area (Å²) in [5.74, 6) is -1.53. The molecule has 1 unspecified atom stereocenters. The number of fused-ring (bicyclic) bond motifs is 1. The Morgan fingerprint density at radius 1 is 1.08 bits per heavy atom. The number of hydrogen-bond donors (Lipinski definition) is 1. The number of ether oxygens (including phenoxy) is 1. The van der Waals surface area contributed by atoms with Crippen molar-refractivity contribution in [1.82, 2.24) is 14.9 Å². The minimum absolute atomic E-state index is 0.0535. The summed E-state index contributed by atoms with van der Waals surface area (Å²) >= 11 is 0. The molecule has 0 aliphatic heterocycles. The number of carbonyl (C=O) groups excluding carboxylic acids is 2. The van der Waals surface area contributed by atoms with Gasteiger partial charge in [0.05, 0.1) is 18.4 Å². The van der Waals surface area contributed by atoms with Crippen molar-refractivity contribution in [2.45, 2.75) is 31.2 Å². The first-order valence-corrected chi connectivity index (χ1v) is 12.2. The Morgan fingerprint density at radius 3 is 2.65 bits per heavy atom. The summed E-state index contributed by atoms with van der Waals surface area (Å²) in [5, 5.41) is 3.23. The zero-order valence-corrected chi connectivity index (χ0v) is 20.1. The van der Waals surface area contributed by atoms with Gasteiger partial charge in [-0.1, -0.05) is 24.3 Å². The summed E-state index contributed by atoms with van der Waals surface area (Å²) in [4.78, 5) is 42.1. The first-order chi connectivity index (χ1) is 17.9. The summed E-state index contributed by atoms with van der Waals surface area (Å²) < 4.78 is 21.6. The summed E-state index contributed by atoms with van der Waals surface area (Å²) in [5.41, 5.74) is 2.74. The third-order valence-corrected chi connectivity index (χ3v) is 7.07. The van der Waals surface area contributed by atoms with Crippen LogP contribution in [0.2, 0.25) is 0 Å². The highest BCUT2D eigenvalue weighted by molar-refractivity contribution is 5.97.